The average Bonchev–Trinajstić information content (AvgIpc) is 2.97. The van der Waals surface area contributed by atoms with Gasteiger partial charge in [-0.15, -0.1) is 0 Å². The molecule has 0 saturated heterocycles. The van der Waals surface area contributed by atoms with Crippen LogP contribution in [0.1, 0.15) is 45.7 Å². The minimum atomic E-state index is -0.684. The lowest BCUT2D eigenvalue weighted by molar-refractivity contribution is -0.134. The zero-order chi connectivity index (χ0) is 20.4. The Morgan fingerprint density at radius 3 is 2.50 bits per heavy atom. The van der Waals surface area contributed by atoms with Gasteiger partial charge in [-0.05, 0) is 57.0 Å². The van der Waals surface area contributed by atoms with Crippen molar-refractivity contribution in [3.63, 3.8) is 0 Å². The molecule has 0 radical (unpaired) electrons. The zero-order valence-electron chi connectivity index (χ0n) is 16.5. The van der Waals surface area contributed by atoms with Crippen LogP contribution in [0.15, 0.2) is 29.4 Å². The molecule has 0 saturated carbocycles. The Morgan fingerprint density at radius 2 is 1.86 bits per heavy atom. The van der Waals surface area contributed by atoms with Gasteiger partial charge in [-0.1, -0.05) is 6.07 Å². The maximum atomic E-state index is 12.6. The first-order valence-corrected chi connectivity index (χ1v) is 9.10. The minimum Gasteiger partial charge on any atom is -0.453 e. The van der Waals surface area contributed by atoms with Crippen molar-refractivity contribution in [2.24, 2.45) is 5.10 Å². The first-order valence-electron chi connectivity index (χ1n) is 9.10. The third-order valence-electron chi connectivity index (χ3n) is 4.95. The topological polar surface area (TPSA) is 89.8 Å². The number of benzene rings is 1. The van der Waals surface area contributed by atoms with E-state index in [-0.39, 0.29) is 36.9 Å². The summed E-state index contributed by atoms with van der Waals surface area (Å²) in [5.74, 6) is -1.21. The third kappa shape index (κ3) is 3.88. The van der Waals surface area contributed by atoms with Gasteiger partial charge in [0.2, 0.25) is 11.7 Å². The normalized spacial score (nSPS) is 13.7. The van der Waals surface area contributed by atoms with Crippen molar-refractivity contribution in [3.05, 3.63) is 52.3 Å². The summed E-state index contributed by atoms with van der Waals surface area (Å²) >= 11 is 0. The van der Waals surface area contributed by atoms with Crippen LogP contribution in [0.3, 0.4) is 0 Å². The van der Waals surface area contributed by atoms with E-state index in [1.807, 2.05) is 24.5 Å². The molecular formula is C21H23N3O4. The number of hydrazone groups is 1. The van der Waals surface area contributed by atoms with Gasteiger partial charge in [0, 0.05) is 35.5 Å². The molecule has 7 heteroatoms. The summed E-state index contributed by atoms with van der Waals surface area (Å²) in [5, 5.41) is 3.68. The molecule has 7 nitrogen and oxygen atoms in total. The van der Waals surface area contributed by atoms with Gasteiger partial charge in [0.1, 0.15) is 5.71 Å². The van der Waals surface area contributed by atoms with Crippen molar-refractivity contribution in [2.45, 2.75) is 40.5 Å². The van der Waals surface area contributed by atoms with Gasteiger partial charge < -0.3 is 9.30 Å². The second kappa shape index (κ2) is 7.80. The summed E-state index contributed by atoms with van der Waals surface area (Å²) in [7, 11) is 0. The number of aryl methyl sites for hydroxylation is 3. The lowest BCUT2D eigenvalue weighted by atomic mass is 10.1. The lowest BCUT2D eigenvalue weighted by Crippen LogP contribution is -2.31. The number of hydrogen-bond acceptors (Lipinski definition) is 5. The summed E-state index contributed by atoms with van der Waals surface area (Å²) in [6, 6.07) is 7.96. The van der Waals surface area contributed by atoms with Crippen LogP contribution in [0, 0.1) is 27.7 Å². The second-order valence-corrected chi connectivity index (χ2v) is 6.98. The maximum absolute atomic E-state index is 12.6. The van der Waals surface area contributed by atoms with Gasteiger partial charge in [0.25, 0.3) is 0 Å². The number of hydrogen-bond donors (Lipinski definition) is 1. The van der Waals surface area contributed by atoms with Crippen LogP contribution in [0.4, 0.5) is 0 Å². The van der Waals surface area contributed by atoms with Crippen LogP contribution in [-0.2, 0) is 14.3 Å². The van der Waals surface area contributed by atoms with Crippen LogP contribution in [-0.4, -0.2) is 34.5 Å². The molecule has 2 heterocycles. The molecule has 1 N–H and O–H groups in total. The van der Waals surface area contributed by atoms with Gasteiger partial charge in [0.05, 0.1) is 0 Å². The van der Waals surface area contributed by atoms with E-state index >= 15 is 0 Å². The van der Waals surface area contributed by atoms with E-state index < -0.39 is 5.97 Å². The largest absolute Gasteiger partial charge is 0.453 e. The van der Waals surface area contributed by atoms with Crippen molar-refractivity contribution < 1.29 is 19.1 Å². The summed E-state index contributed by atoms with van der Waals surface area (Å²) in [4.78, 5) is 35.7. The molecule has 0 atom stereocenters. The van der Waals surface area contributed by atoms with E-state index in [2.05, 4.69) is 36.5 Å². The molecule has 1 aromatic carbocycles. The van der Waals surface area contributed by atoms with Crippen LogP contribution >= 0.6 is 0 Å². The van der Waals surface area contributed by atoms with Gasteiger partial charge in [-0.3, -0.25) is 9.59 Å². The molecule has 28 heavy (non-hydrogen) atoms. The van der Waals surface area contributed by atoms with Crippen molar-refractivity contribution >= 4 is 23.4 Å². The summed E-state index contributed by atoms with van der Waals surface area (Å²) in [6.07, 6.45) is 0.388. The quantitative estimate of drug-likeness (QED) is 0.637. The number of ether oxygens (including phenoxy) is 1. The molecule has 0 spiro atoms. The smallest absolute Gasteiger partial charge is 0.354 e. The number of esters is 1. The number of carbonyl (C=O) groups excluding carboxylic acids is 3. The highest BCUT2D eigenvalue weighted by Crippen LogP contribution is 2.23. The van der Waals surface area contributed by atoms with E-state index in [9.17, 15) is 14.4 Å². The summed E-state index contributed by atoms with van der Waals surface area (Å²) in [5.41, 5.74) is 7.96. The number of rotatable bonds is 5. The number of amides is 1. The molecule has 0 aliphatic carbocycles. The molecule has 0 bridgehead atoms. The Hall–Kier alpha value is -3.22. The molecule has 0 fully saturated rings. The molecule has 1 amide bonds. The monoisotopic (exact) mass is 381 g/mol. The van der Waals surface area contributed by atoms with Crippen LogP contribution < -0.4 is 5.43 Å². The Bertz CT molecular complexity index is 1000. The Morgan fingerprint density at radius 1 is 1.11 bits per heavy atom. The number of nitrogens with zero attached hydrogens (tertiary/aromatic N) is 2. The fourth-order valence-corrected chi connectivity index (χ4v) is 3.22. The fourth-order valence-electron chi connectivity index (χ4n) is 3.22. The van der Waals surface area contributed by atoms with E-state index in [0.717, 1.165) is 17.1 Å². The van der Waals surface area contributed by atoms with Crippen molar-refractivity contribution in [2.75, 3.05) is 6.61 Å². The van der Waals surface area contributed by atoms with Crippen LogP contribution in [0.2, 0.25) is 0 Å². The van der Waals surface area contributed by atoms with Crippen molar-refractivity contribution in [1.29, 1.82) is 0 Å². The number of nitrogens with one attached hydrogen (secondary N) is 1. The molecule has 0 unspecified atom stereocenters. The highest BCUT2D eigenvalue weighted by molar-refractivity contribution is 6.37. The highest BCUT2D eigenvalue weighted by atomic mass is 16.5. The maximum Gasteiger partial charge on any atom is 0.354 e. The molecule has 2 aromatic rings. The minimum absolute atomic E-state index is 0.119. The van der Waals surface area contributed by atoms with Crippen molar-refractivity contribution in [3.8, 4) is 5.69 Å². The average molecular weight is 381 g/mol. The second-order valence-electron chi connectivity index (χ2n) is 6.98. The lowest BCUT2D eigenvalue weighted by Gasteiger charge is -2.12. The van der Waals surface area contributed by atoms with Crippen molar-refractivity contribution in [1.82, 2.24) is 9.99 Å². The predicted molar refractivity (Wildman–Crippen MR) is 105 cm³/mol. The van der Waals surface area contributed by atoms with E-state index in [1.54, 1.807) is 6.07 Å². The van der Waals surface area contributed by atoms with E-state index in [0.29, 0.717) is 5.56 Å². The standard InChI is InChI=1S/C21H23N3O4/c1-12-5-6-16(9-13(12)2)24-14(3)10-17(15(24)4)19(25)11-28-21(27)18-7-8-20(26)23-22-18/h5-6,9-10H,7-8,11H2,1-4H3,(H,23,26). The van der Waals surface area contributed by atoms with E-state index in [4.69, 9.17) is 4.74 Å². The first kappa shape index (κ1) is 19.5. The number of carbonyl (C=O) groups is 3. The number of Topliss-reactive ketones (excluding diaryl/α,β-unsaturated/α-hetero) is 1. The summed E-state index contributed by atoms with van der Waals surface area (Å²) < 4.78 is 7.11. The molecule has 3 rings (SSSR count). The van der Waals surface area contributed by atoms with Crippen LogP contribution in [0.5, 0.6) is 0 Å². The zero-order valence-corrected chi connectivity index (χ0v) is 16.5. The molecule has 146 valence electrons. The predicted octanol–water partition coefficient (Wildman–Crippen LogP) is 2.70. The van der Waals surface area contributed by atoms with Gasteiger partial charge >= 0.3 is 5.97 Å². The highest BCUT2D eigenvalue weighted by Gasteiger charge is 2.22. The van der Waals surface area contributed by atoms with Gasteiger partial charge in [-0.25, -0.2) is 10.2 Å². The van der Waals surface area contributed by atoms with E-state index in [1.165, 1.54) is 11.1 Å². The first-order chi connectivity index (χ1) is 13.3. The Kier molecular flexibility index (Phi) is 5.44. The molecule has 1 aliphatic heterocycles. The fraction of sp³-hybridized carbons (Fsp3) is 0.333. The number of aromatic nitrogens is 1. The van der Waals surface area contributed by atoms with Crippen LogP contribution in [0.25, 0.3) is 5.69 Å². The third-order valence-corrected chi connectivity index (χ3v) is 4.95. The molecular weight excluding hydrogens is 358 g/mol. The molecule has 1 aromatic heterocycles. The Balaban J connectivity index is 1.75. The summed E-state index contributed by atoms with van der Waals surface area (Å²) in [6.45, 7) is 7.54. The van der Waals surface area contributed by atoms with Gasteiger partial charge in [0.15, 0.2) is 6.61 Å². The SMILES string of the molecule is Cc1ccc(-n2c(C)cc(C(=O)COC(=O)C3=NNC(=O)CC3)c2C)cc1C. The molecule has 1 aliphatic rings. The van der Waals surface area contributed by atoms with Gasteiger partial charge in [-0.2, -0.15) is 5.10 Å². The Labute approximate surface area is 163 Å². The number of ketones is 1.